The molecule has 81 valence electrons. The number of carbonyl (C=O) groups is 1. The van der Waals surface area contributed by atoms with Crippen LogP contribution in [-0.2, 0) is 4.74 Å². The third-order valence-electron chi connectivity index (χ3n) is 1.64. The van der Waals surface area contributed by atoms with Gasteiger partial charge >= 0.3 is 6.09 Å². The van der Waals surface area contributed by atoms with Crippen molar-refractivity contribution in [1.29, 1.82) is 0 Å². The highest BCUT2D eigenvalue weighted by atomic mass is 19.1. The fraction of sp³-hybridized carbons (Fsp3) is 0.778. The maximum absolute atomic E-state index is 12.8. The van der Waals surface area contributed by atoms with Gasteiger partial charge in [0.2, 0.25) is 0 Å². The van der Waals surface area contributed by atoms with Gasteiger partial charge in [-0.2, -0.15) is 0 Å². The van der Waals surface area contributed by atoms with E-state index in [1.165, 1.54) is 4.90 Å². The molecule has 0 aromatic rings. The van der Waals surface area contributed by atoms with Gasteiger partial charge in [-0.15, -0.1) is 0 Å². The predicted octanol–water partition coefficient (Wildman–Crippen LogP) is 1.28. The van der Waals surface area contributed by atoms with E-state index in [-0.39, 0.29) is 6.54 Å². The number of alkyl halides is 1. The van der Waals surface area contributed by atoms with Crippen LogP contribution in [0.4, 0.5) is 9.18 Å². The summed E-state index contributed by atoms with van der Waals surface area (Å²) in [4.78, 5) is 12.7. The summed E-state index contributed by atoms with van der Waals surface area (Å²) in [7, 11) is 0. The summed E-state index contributed by atoms with van der Waals surface area (Å²) in [6, 6.07) is 0. The van der Waals surface area contributed by atoms with E-state index in [4.69, 9.17) is 4.74 Å². The number of halogens is 1. The average Bonchev–Trinajstić information content (AvgIpc) is 2.01. The van der Waals surface area contributed by atoms with Crippen LogP contribution in [0.3, 0.4) is 0 Å². The lowest BCUT2D eigenvalue weighted by Gasteiger charge is -2.31. The minimum atomic E-state index is -1.17. The number of piperazine rings is 1. The van der Waals surface area contributed by atoms with E-state index in [1.54, 1.807) is 27.3 Å². The molecule has 1 saturated heterocycles. The number of hydrogen-bond donors (Lipinski definition) is 1. The summed E-state index contributed by atoms with van der Waals surface area (Å²) in [6.45, 7) is 7.28. The average molecular weight is 203 g/mol. The molecule has 0 saturated carbocycles. The van der Waals surface area contributed by atoms with Crippen LogP contribution in [0.1, 0.15) is 20.8 Å². The Balaban J connectivity index is 2.44. The predicted molar refractivity (Wildman–Crippen MR) is 50.1 cm³/mol. The zero-order chi connectivity index (χ0) is 10.8. The van der Waals surface area contributed by atoms with Gasteiger partial charge in [-0.1, -0.05) is 0 Å². The van der Waals surface area contributed by atoms with E-state index in [0.29, 0.717) is 6.54 Å². The molecule has 0 spiro atoms. The molecule has 4 nitrogen and oxygen atoms in total. The smallest absolute Gasteiger partial charge is 0.410 e. The first kappa shape index (κ1) is 11.2. The third-order valence-corrected chi connectivity index (χ3v) is 1.64. The van der Waals surface area contributed by atoms with Crippen LogP contribution in [-0.4, -0.2) is 36.0 Å². The van der Waals surface area contributed by atoms with E-state index < -0.39 is 18.0 Å². The lowest BCUT2D eigenvalue weighted by Crippen LogP contribution is -2.49. The number of nitrogens with zero attached hydrogens (tertiary/aromatic N) is 1. The molecule has 1 amide bonds. The molecule has 1 fully saturated rings. The SMILES string of the molecule is CC(C)(C)OC(=O)N1[CH]CNC(F)C1. The molecule has 0 aromatic carbocycles. The lowest BCUT2D eigenvalue weighted by molar-refractivity contribution is 0.0202. The highest BCUT2D eigenvalue weighted by molar-refractivity contribution is 5.69. The second kappa shape index (κ2) is 4.13. The summed E-state index contributed by atoms with van der Waals surface area (Å²) in [5.41, 5.74) is -0.540. The van der Waals surface area contributed by atoms with Gasteiger partial charge in [0.25, 0.3) is 0 Å². The number of hydrogen-bond acceptors (Lipinski definition) is 3. The van der Waals surface area contributed by atoms with Gasteiger partial charge in [0.15, 0.2) is 6.30 Å². The first-order valence-corrected chi connectivity index (χ1v) is 4.59. The topological polar surface area (TPSA) is 41.6 Å². The molecule has 0 aliphatic carbocycles. The summed E-state index contributed by atoms with van der Waals surface area (Å²) in [5.74, 6) is 0. The highest BCUT2D eigenvalue weighted by Gasteiger charge is 2.27. The zero-order valence-corrected chi connectivity index (χ0v) is 8.71. The third kappa shape index (κ3) is 3.49. The van der Waals surface area contributed by atoms with Crippen LogP contribution in [0.25, 0.3) is 0 Å². The molecule has 1 N–H and O–H groups in total. The van der Waals surface area contributed by atoms with Crippen LogP contribution in [0, 0.1) is 6.54 Å². The minimum absolute atomic E-state index is 0.00884. The van der Waals surface area contributed by atoms with Gasteiger partial charge in [0.05, 0.1) is 13.1 Å². The van der Waals surface area contributed by atoms with Gasteiger partial charge in [0, 0.05) is 6.54 Å². The van der Waals surface area contributed by atoms with Gasteiger partial charge in [0.1, 0.15) is 5.60 Å². The molecule has 1 heterocycles. The molecule has 1 unspecified atom stereocenters. The van der Waals surface area contributed by atoms with Crippen molar-refractivity contribution in [2.45, 2.75) is 32.7 Å². The molecular weight excluding hydrogens is 187 g/mol. The molecule has 1 atom stereocenters. The molecule has 0 aromatic heterocycles. The molecule has 1 rings (SSSR count). The molecule has 5 heteroatoms. The molecule has 0 bridgehead atoms. The van der Waals surface area contributed by atoms with Crippen LogP contribution >= 0.6 is 0 Å². The molecule has 1 aliphatic rings. The van der Waals surface area contributed by atoms with Crippen molar-refractivity contribution >= 4 is 6.09 Å². The Morgan fingerprint density at radius 3 is 2.79 bits per heavy atom. The standard InChI is InChI=1S/C9H16FN2O2/c1-9(2,3)14-8(13)12-5-4-11-7(10)6-12/h5,7,11H,4,6H2,1-3H3. The number of nitrogens with one attached hydrogen (secondary N) is 1. The summed E-state index contributed by atoms with van der Waals surface area (Å²) in [5, 5.41) is 2.56. The Hall–Kier alpha value is -0.840. The van der Waals surface area contributed by atoms with Crippen molar-refractivity contribution in [3.8, 4) is 0 Å². The van der Waals surface area contributed by atoms with Crippen molar-refractivity contribution in [3.05, 3.63) is 6.54 Å². The molecule has 1 radical (unpaired) electrons. The van der Waals surface area contributed by atoms with Crippen LogP contribution in [0.15, 0.2) is 0 Å². The second-order valence-corrected chi connectivity index (χ2v) is 4.19. The quantitative estimate of drug-likeness (QED) is 0.603. The maximum Gasteiger partial charge on any atom is 0.410 e. The first-order chi connectivity index (χ1) is 6.38. The minimum Gasteiger partial charge on any atom is -0.444 e. The fourth-order valence-electron chi connectivity index (χ4n) is 1.07. The van der Waals surface area contributed by atoms with Crippen molar-refractivity contribution < 1.29 is 13.9 Å². The van der Waals surface area contributed by atoms with E-state index in [0.717, 1.165) is 0 Å². The first-order valence-electron chi connectivity index (χ1n) is 4.59. The van der Waals surface area contributed by atoms with E-state index in [9.17, 15) is 9.18 Å². The summed E-state index contributed by atoms with van der Waals surface area (Å²) in [6.07, 6.45) is -1.67. The van der Waals surface area contributed by atoms with Gasteiger partial charge in [-0.05, 0) is 20.8 Å². The fourth-order valence-corrected chi connectivity index (χ4v) is 1.07. The Morgan fingerprint density at radius 2 is 2.29 bits per heavy atom. The Labute approximate surface area is 83.4 Å². The van der Waals surface area contributed by atoms with Crippen molar-refractivity contribution in [1.82, 2.24) is 10.2 Å². The van der Waals surface area contributed by atoms with Crippen LogP contribution in [0.5, 0.6) is 0 Å². The van der Waals surface area contributed by atoms with Crippen LogP contribution < -0.4 is 5.32 Å². The van der Waals surface area contributed by atoms with Gasteiger partial charge in [-0.25, -0.2) is 9.18 Å². The Morgan fingerprint density at radius 1 is 1.64 bits per heavy atom. The normalized spacial score (nSPS) is 23.4. The summed E-state index contributed by atoms with van der Waals surface area (Å²) >= 11 is 0. The Bertz CT molecular complexity index is 215. The van der Waals surface area contributed by atoms with Crippen molar-refractivity contribution in [2.75, 3.05) is 13.1 Å². The van der Waals surface area contributed by atoms with Crippen molar-refractivity contribution in [2.24, 2.45) is 0 Å². The molecular formula is C9H16FN2O2. The second-order valence-electron chi connectivity index (χ2n) is 4.19. The van der Waals surface area contributed by atoms with Crippen LogP contribution in [0.2, 0.25) is 0 Å². The zero-order valence-electron chi connectivity index (χ0n) is 8.71. The number of rotatable bonds is 0. The van der Waals surface area contributed by atoms with E-state index in [1.807, 2.05) is 0 Å². The van der Waals surface area contributed by atoms with E-state index >= 15 is 0 Å². The summed E-state index contributed by atoms with van der Waals surface area (Å²) < 4.78 is 17.9. The molecule has 1 aliphatic heterocycles. The van der Waals surface area contributed by atoms with Gasteiger partial charge in [-0.3, -0.25) is 10.2 Å². The highest BCUT2D eigenvalue weighted by Crippen LogP contribution is 2.12. The number of carbonyl (C=O) groups excluding carboxylic acids is 1. The Kier molecular flexibility index (Phi) is 3.31. The molecule has 14 heavy (non-hydrogen) atoms. The maximum atomic E-state index is 12.8. The largest absolute Gasteiger partial charge is 0.444 e. The van der Waals surface area contributed by atoms with Gasteiger partial charge < -0.3 is 4.74 Å². The number of ether oxygens (including phenoxy) is 1. The monoisotopic (exact) mass is 203 g/mol. The number of amides is 1. The van der Waals surface area contributed by atoms with Crippen molar-refractivity contribution in [3.63, 3.8) is 0 Å². The van der Waals surface area contributed by atoms with E-state index in [2.05, 4.69) is 5.32 Å². The lowest BCUT2D eigenvalue weighted by atomic mass is 10.2.